The standard InChI is InChI=1S/C12H13N3O2/c1-15-10(4-5-14-15)7-13-9-2-3-11-12(6-9)17-8-16-11/h2-6,13H,7-8H2,1H3. The first kappa shape index (κ1) is 10.0. The van der Waals surface area contributed by atoms with Crippen LogP contribution < -0.4 is 14.8 Å². The lowest BCUT2D eigenvalue weighted by Crippen LogP contribution is -2.05. The maximum atomic E-state index is 5.32. The molecule has 0 saturated carbocycles. The number of fused-ring (bicyclic) bond motifs is 1. The lowest BCUT2D eigenvalue weighted by Gasteiger charge is -2.07. The molecule has 0 saturated heterocycles. The number of nitrogens with one attached hydrogen (secondary N) is 1. The van der Waals surface area contributed by atoms with Gasteiger partial charge in [-0.25, -0.2) is 0 Å². The highest BCUT2D eigenvalue weighted by atomic mass is 16.7. The molecule has 0 atom stereocenters. The average molecular weight is 231 g/mol. The van der Waals surface area contributed by atoms with Gasteiger partial charge in [0.2, 0.25) is 6.79 Å². The molecule has 1 aromatic carbocycles. The number of rotatable bonds is 3. The van der Waals surface area contributed by atoms with Crippen molar-refractivity contribution >= 4 is 5.69 Å². The van der Waals surface area contributed by atoms with Gasteiger partial charge < -0.3 is 14.8 Å². The maximum Gasteiger partial charge on any atom is 0.231 e. The van der Waals surface area contributed by atoms with E-state index in [4.69, 9.17) is 9.47 Å². The molecule has 0 aliphatic carbocycles. The first-order valence-corrected chi connectivity index (χ1v) is 5.43. The Morgan fingerprint density at radius 2 is 2.18 bits per heavy atom. The fourth-order valence-electron chi connectivity index (χ4n) is 1.77. The van der Waals surface area contributed by atoms with Crippen molar-refractivity contribution in [2.75, 3.05) is 12.1 Å². The van der Waals surface area contributed by atoms with Crippen molar-refractivity contribution < 1.29 is 9.47 Å². The van der Waals surface area contributed by atoms with Crippen LogP contribution in [0.1, 0.15) is 5.69 Å². The van der Waals surface area contributed by atoms with Gasteiger partial charge in [-0.15, -0.1) is 0 Å². The third-order valence-corrected chi connectivity index (χ3v) is 2.77. The van der Waals surface area contributed by atoms with Crippen molar-refractivity contribution in [3.05, 3.63) is 36.2 Å². The van der Waals surface area contributed by atoms with E-state index in [9.17, 15) is 0 Å². The summed E-state index contributed by atoms with van der Waals surface area (Å²) in [6.07, 6.45) is 1.79. The topological polar surface area (TPSA) is 48.3 Å². The Labute approximate surface area is 99.0 Å². The number of ether oxygens (including phenoxy) is 2. The highest BCUT2D eigenvalue weighted by Gasteiger charge is 2.12. The summed E-state index contributed by atoms with van der Waals surface area (Å²) in [5.74, 6) is 1.59. The molecule has 88 valence electrons. The van der Waals surface area contributed by atoms with Gasteiger partial charge in [0, 0.05) is 25.0 Å². The normalized spacial score (nSPS) is 12.8. The number of nitrogens with zero attached hydrogens (tertiary/aromatic N) is 2. The summed E-state index contributed by atoms with van der Waals surface area (Å²) in [5, 5.41) is 7.44. The van der Waals surface area contributed by atoms with Crippen molar-refractivity contribution in [2.45, 2.75) is 6.54 Å². The molecular formula is C12H13N3O2. The van der Waals surface area contributed by atoms with Crippen molar-refractivity contribution in [1.82, 2.24) is 9.78 Å². The van der Waals surface area contributed by atoms with Gasteiger partial charge in [-0.1, -0.05) is 0 Å². The highest BCUT2D eigenvalue weighted by molar-refractivity contribution is 5.55. The molecule has 0 radical (unpaired) electrons. The second kappa shape index (κ2) is 4.01. The number of hydrogen-bond donors (Lipinski definition) is 1. The minimum Gasteiger partial charge on any atom is -0.454 e. The van der Waals surface area contributed by atoms with Gasteiger partial charge in [0.1, 0.15) is 0 Å². The minimum atomic E-state index is 0.306. The minimum absolute atomic E-state index is 0.306. The van der Waals surface area contributed by atoms with Gasteiger partial charge in [0.15, 0.2) is 11.5 Å². The number of aromatic nitrogens is 2. The molecule has 1 N–H and O–H groups in total. The lowest BCUT2D eigenvalue weighted by molar-refractivity contribution is 0.174. The SMILES string of the molecule is Cn1nccc1CNc1ccc2c(c1)OCO2. The van der Waals surface area contributed by atoms with Crippen molar-refractivity contribution in [3.8, 4) is 11.5 Å². The van der Waals surface area contributed by atoms with E-state index in [0.717, 1.165) is 29.4 Å². The number of benzene rings is 1. The van der Waals surface area contributed by atoms with E-state index in [1.807, 2.05) is 36.0 Å². The van der Waals surface area contributed by atoms with E-state index >= 15 is 0 Å². The van der Waals surface area contributed by atoms with Crippen LogP contribution in [0, 0.1) is 0 Å². The molecule has 1 aliphatic rings. The first-order valence-electron chi connectivity index (χ1n) is 5.43. The molecule has 0 unspecified atom stereocenters. The van der Waals surface area contributed by atoms with Crippen LogP contribution in [0.15, 0.2) is 30.5 Å². The number of anilines is 1. The van der Waals surface area contributed by atoms with Gasteiger partial charge in [-0.2, -0.15) is 5.10 Å². The second-order valence-corrected chi connectivity index (χ2v) is 3.87. The van der Waals surface area contributed by atoms with Crippen LogP contribution in [0.5, 0.6) is 11.5 Å². The predicted octanol–water partition coefficient (Wildman–Crippen LogP) is 1.76. The third-order valence-electron chi connectivity index (χ3n) is 2.77. The van der Waals surface area contributed by atoms with Crippen LogP contribution in [0.4, 0.5) is 5.69 Å². The zero-order valence-electron chi connectivity index (χ0n) is 9.51. The van der Waals surface area contributed by atoms with E-state index in [0.29, 0.717) is 6.79 Å². The summed E-state index contributed by atoms with van der Waals surface area (Å²) >= 11 is 0. The van der Waals surface area contributed by atoms with Gasteiger partial charge in [-0.05, 0) is 18.2 Å². The van der Waals surface area contributed by atoms with Crippen molar-refractivity contribution in [3.63, 3.8) is 0 Å². The largest absolute Gasteiger partial charge is 0.454 e. The average Bonchev–Trinajstić information content (AvgIpc) is 2.94. The molecule has 17 heavy (non-hydrogen) atoms. The Balaban J connectivity index is 1.72. The molecular weight excluding hydrogens is 218 g/mol. The summed E-state index contributed by atoms with van der Waals surface area (Å²) in [4.78, 5) is 0. The van der Waals surface area contributed by atoms with Gasteiger partial charge >= 0.3 is 0 Å². The van der Waals surface area contributed by atoms with Crippen LogP contribution >= 0.6 is 0 Å². The maximum absolute atomic E-state index is 5.32. The molecule has 0 amide bonds. The van der Waals surface area contributed by atoms with Crippen LogP contribution in [-0.4, -0.2) is 16.6 Å². The van der Waals surface area contributed by atoms with Crippen LogP contribution in [0.3, 0.4) is 0 Å². The number of hydrogen-bond acceptors (Lipinski definition) is 4. The van der Waals surface area contributed by atoms with E-state index in [1.54, 1.807) is 6.20 Å². The fraction of sp³-hybridized carbons (Fsp3) is 0.250. The van der Waals surface area contributed by atoms with Crippen molar-refractivity contribution in [1.29, 1.82) is 0 Å². The molecule has 3 rings (SSSR count). The highest BCUT2D eigenvalue weighted by Crippen LogP contribution is 2.34. The first-order chi connectivity index (χ1) is 8.33. The second-order valence-electron chi connectivity index (χ2n) is 3.87. The number of aryl methyl sites for hydroxylation is 1. The fourth-order valence-corrected chi connectivity index (χ4v) is 1.77. The van der Waals surface area contributed by atoms with Gasteiger partial charge in [0.05, 0.1) is 12.2 Å². The van der Waals surface area contributed by atoms with Gasteiger partial charge in [-0.3, -0.25) is 4.68 Å². The molecule has 5 nitrogen and oxygen atoms in total. The Morgan fingerprint density at radius 3 is 3.00 bits per heavy atom. The van der Waals surface area contributed by atoms with Crippen LogP contribution in [0.2, 0.25) is 0 Å². The summed E-state index contributed by atoms with van der Waals surface area (Å²) in [5.41, 5.74) is 2.14. The third kappa shape index (κ3) is 1.91. The summed E-state index contributed by atoms with van der Waals surface area (Å²) in [6, 6.07) is 7.82. The van der Waals surface area contributed by atoms with Gasteiger partial charge in [0.25, 0.3) is 0 Å². The molecule has 0 spiro atoms. The molecule has 0 fully saturated rings. The zero-order valence-corrected chi connectivity index (χ0v) is 9.51. The Morgan fingerprint density at radius 1 is 1.29 bits per heavy atom. The zero-order chi connectivity index (χ0) is 11.7. The molecule has 2 aromatic rings. The quantitative estimate of drug-likeness (QED) is 0.874. The van der Waals surface area contributed by atoms with E-state index < -0.39 is 0 Å². The molecule has 2 heterocycles. The molecule has 5 heteroatoms. The summed E-state index contributed by atoms with van der Waals surface area (Å²) in [6.45, 7) is 1.04. The molecule has 1 aliphatic heterocycles. The van der Waals surface area contributed by atoms with E-state index in [2.05, 4.69) is 10.4 Å². The molecule has 0 bridgehead atoms. The lowest BCUT2D eigenvalue weighted by atomic mass is 10.2. The van der Waals surface area contributed by atoms with Crippen molar-refractivity contribution in [2.24, 2.45) is 7.05 Å². The van der Waals surface area contributed by atoms with Crippen LogP contribution in [-0.2, 0) is 13.6 Å². The molecule has 1 aromatic heterocycles. The summed E-state index contributed by atoms with van der Waals surface area (Å²) in [7, 11) is 1.93. The Bertz CT molecular complexity index is 536. The summed E-state index contributed by atoms with van der Waals surface area (Å²) < 4.78 is 12.4. The van der Waals surface area contributed by atoms with E-state index in [1.165, 1.54) is 0 Å². The van der Waals surface area contributed by atoms with E-state index in [-0.39, 0.29) is 0 Å². The Hall–Kier alpha value is -2.17. The smallest absolute Gasteiger partial charge is 0.231 e. The predicted molar refractivity (Wildman–Crippen MR) is 63.1 cm³/mol. The monoisotopic (exact) mass is 231 g/mol. The Kier molecular flexibility index (Phi) is 2.36. The van der Waals surface area contributed by atoms with Crippen LogP contribution in [0.25, 0.3) is 0 Å².